The number of pyridine rings is 1. The maximum atomic E-state index is 4.12. The van der Waals surface area contributed by atoms with Crippen molar-refractivity contribution < 1.29 is 0 Å². The molecule has 0 atom stereocenters. The summed E-state index contributed by atoms with van der Waals surface area (Å²) in [7, 11) is 4.05. The number of rotatable bonds is 2. The summed E-state index contributed by atoms with van der Waals surface area (Å²) in [5.74, 6) is 0. The number of aromatic nitrogens is 1. The van der Waals surface area contributed by atoms with Crippen molar-refractivity contribution in [3.63, 3.8) is 0 Å². The van der Waals surface area contributed by atoms with Gasteiger partial charge in [-0.1, -0.05) is 6.07 Å². The highest BCUT2D eigenvalue weighted by molar-refractivity contribution is 5.01. The lowest BCUT2D eigenvalue weighted by molar-refractivity contribution is 0.397. The van der Waals surface area contributed by atoms with Gasteiger partial charge in [0.05, 0.1) is 5.69 Å². The van der Waals surface area contributed by atoms with Crippen molar-refractivity contribution in [3.05, 3.63) is 30.1 Å². The topological polar surface area (TPSA) is 16.1 Å². The van der Waals surface area contributed by atoms with Crippen LogP contribution in [0.3, 0.4) is 0 Å². The van der Waals surface area contributed by atoms with Gasteiger partial charge in [0.2, 0.25) is 0 Å². The van der Waals surface area contributed by atoms with Crippen LogP contribution in [0.1, 0.15) is 5.69 Å². The van der Waals surface area contributed by atoms with E-state index in [9.17, 15) is 0 Å². The molecule has 0 spiro atoms. The molecule has 1 rings (SSSR count). The van der Waals surface area contributed by atoms with E-state index in [1.165, 1.54) is 0 Å². The highest BCUT2D eigenvalue weighted by Gasteiger charge is 1.92. The molecule has 1 aromatic rings. The van der Waals surface area contributed by atoms with E-state index in [4.69, 9.17) is 0 Å². The summed E-state index contributed by atoms with van der Waals surface area (Å²) in [6.45, 7) is 0.898. The molecule has 0 unspecified atom stereocenters. The van der Waals surface area contributed by atoms with Crippen molar-refractivity contribution in [2.45, 2.75) is 6.54 Å². The largest absolute Gasteiger partial charge is 0.304 e. The molecule has 2 heteroatoms. The standard InChI is InChI=1S/C8H11N2/c1-10(2)7-8-5-3-4-6-9-8/h3,5-6H,7H2,1-2H3. The molecular weight excluding hydrogens is 124 g/mol. The first-order valence-corrected chi connectivity index (χ1v) is 3.25. The number of nitrogens with zero attached hydrogens (tertiary/aromatic N) is 2. The summed E-state index contributed by atoms with van der Waals surface area (Å²) in [4.78, 5) is 6.21. The van der Waals surface area contributed by atoms with Crippen LogP contribution in [0.15, 0.2) is 18.3 Å². The smallest absolute Gasteiger partial charge is 0.0544 e. The molecule has 1 radical (unpaired) electrons. The van der Waals surface area contributed by atoms with Crippen LogP contribution in [-0.4, -0.2) is 24.0 Å². The molecule has 10 heavy (non-hydrogen) atoms. The summed E-state index contributed by atoms with van der Waals surface area (Å²) in [5.41, 5.74) is 1.09. The lowest BCUT2D eigenvalue weighted by atomic mass is 10.3. The van der Waals surface area contributed by atoms with Gasteiger partial charge < -0.3 is 4.90 Å². The quantitative estimate of drug-likeness (QED) is 0.600. The van der Waals surface area contributed by atoms with Gasteiger partial charge >= 0.3 is 0 Å². The highest BCUT2D eigenvalue weighted by atomic mass is 15.1. The number of hydrogen-bond donors (Lipinski definition) is 0. The SMILES string of the molecule is CN(C)Cc1cc[c]cn1. The van der Waals surface area contributed by atoms with E-state index < -0.39 is 0 Å². The van der Waals surface area contributed by atoms with Crippen molar-refractivity contribution in [1.82, 2.24) is 9.88 Å². The Morgan fingerprint density at radius 3 is 2.90 bits per heavy atom. The minimum atomic E-state index is 0.898. The molecule has 0 amide bonds. The van der Waals surface area contributed by atoms with Gasteiger partial charge in [0.15, 0.2) is 0 Å². The fourth-order valence-electron chi connectivity index (χ4n) is 0.768. The van der Waals surface area contributed by atoms with E-state index in [0.717, 1.165) is 12.2 Å². The van der Waals surface area contributed by atoms with E-state index in [-0.39, 0.29) is 0 Å². The Kier molecular flexibility index (Phi) is 2.40. The molecule has 0 aliphatic rings. The van der Waals surface area contributed by atoms with E-state index >= 15 is 0 Å². The summed E-state index contributed by atoms with van der Waals surface area (Å²) in [5, 5.41) is 0. The first kappa shape index (κ1) is 7.22. The second-order valence-electron chi connectivity index (χ2n) is 2.49. The molecule has 53 valence electrons. The van der Waals surface area contributed by atoms with Gasteiger partial charge in [0.25, 0.3) is 0 Å². The lowest BCUT2D eigenvalue weighted by Gasteiger charge is -2.06. The highest BCUT2D eigenvalue weighted by Crippen LogP contribution is 1.94. The first-order chi connectivity index (χ1) is 4.79. The Hall–Kier alpha value is -0.890. The predicted octanol–water partition coefficient (Wildman–Crippen LogP) is 0.943. The van der Waals surface area contributed by atoms with Crippen molar-refractivity contribution >= 4 is 0 Å². The molecule has 1 aromatic heterocycles. The third kappa shape index (κ3) is 2.15. The molecule has 0 fully saturated rings. The van der Waals surface area contributed by atoms with Crippen LogP contribution < -0.4 is 0 Å². The second-order valence-corrected chi connectivity index (χ2v) is 2.49. The van der Waals surface area contributed by atoms with Crippen LogP contribution in [0, 0.1) is 6.07 Å². The predicted molar refractivity (Wildman–Crippen MR) is 40.5 cm³/mol. The van der Waals surface area contributed by atoms with Crippen LogP contribution >= 0.6 is 0 Å². The third-order valence-electron chi connectivity index (χ3n) is 1.16. The number of hydrogen-bond acceptors (Lipinski definition) is 2. The summed E-state index contributed by atoms with van der Waals surface area (Å²) < 4.78 is 0. The van der Waals surface area contributed by atoms with Gasteiger partial charge in [-0.05, 0) is 20.2 Å². The van der Waals surface area contributed by atoms with Crippen molar-refractivity contribution in [2.75, 3.05) is 14.1 Å². The molecule has 0 saturated heterocycles. The van der Waals surface area contributed by atoms with E-state index in [0.29, 0.717) is 0 Å². The van der Waals surface area contributed by atoms with Crippen LogP contribution in [0.2, 0.25) is 0 Å². The van der Waals surface area contributed by atoms with Gasteiger partial charge in [0.1, 0.15) is 0 Å². The van der Waals surface area contributed by atoms with Gasteiger partial charge in [-0.2, -0.15) is 0 Å². The molecule has 0 N–H and O–H groups in total. The third-order valence-corrected chi connectivity index (χ3v) is 1.16. The van der Waals surface area contributed by atoms with Crippen molar-refractivity contribution in [1.29, 1.82) is 0 Å². The van der Waals surface area contributed by atoms with E-state index in [2.05, 4.69) is 16.0 Å². The molecule has 1 heterocycles. The first-order valence-electron chi connectivity index (χ1n) is 3.25. The summed E-state index contributed by atoms with van der Waals surface area (Å²) in [6, 6.07) is 6.73. The monoisotopic (exact) mass is 135 g/mol. The Morgan fingerprint density at radius 1 is 1.60 bits per heavy atom. The maximum absolute atomic E-state index is 4.12. The fourth-order valence-corrected chi connectivity index (χ4v) is 0.768. The molecule has 0 aromatic carbocycles. The molecule has 0 saturated carbocycles. The normalized spacial score (nSPS) is 10.3. The van der Waals surface area contributed by atoms with Crippen LogP contribution in [-0.2, 0) is 6.54 Å². The summed E-state index contributed by atoms with van der Waals surface area (Å²) in [6.07, 6.45) is 1.69. The van der Waals surface area contributed by atoms with Gasteiger partial charge in [-0.15, -0.1) is 0 Å². The van der Waals surface area contributed by atoms with Crippen LogP contribution in [0.4, 0.5) is 0 Å². The zero-order valence-electron chi connectivity index (χ0n) is 6.33. The van der Waals surface area contributed by atoms with E-state index in [1.807, 2.05) is 26.2 Å². The Balaban J connectivity index is 2.59. The van der Waals surface area contributed by atoms with Gasteiger partial charge in [-0.25, -0.2) is 0 Å². The minimum Gasteiger partial charge on any atom is -0.304 e. The van der Waals surface area contributed by atoms with E-state index in [1.54, 1.807) is 6.20 Å². The lowest BCUT2D eigenvalue weighted by Crippen LogP contribution is -2.11. The van der Waals surface area contributed by atoms with Gasteiger partial charge in [-0.3, -0.25) is 4.98 Å². The zero-order chi connectivity index (χ0) is 7.40. The van der Waals surface area contributed by atoms with Crippen LogP contribution in [0.5, 0.6) is 0 Å². The molecule has 0 aliphatic carbocycles. The Labute approximate surface area is 61.5 Å². The molecular formula is C8H11N2. The Morgan fingerprint density at radius 2 is 2.40 bits per heavy atom. The fraction of sp³-hybridized carbons (Fsp3) is 0.375. The van der Waals surface area contributed by atoms with Crippen molar-refractivity contribution in [3.8, 4) is 0 Å². The molecule has 0 aliphatic heterocycles. The Bertz CT molecular complexity index is 182. The zero-order valence-corrected chi connectivity index (χ0v) is 6.33. The molecule has 0 bridgehead atoms. The van der Waals surface area contributed by atoms with Gasteiger partial charge in [0, 0.05) is 18.8 Å². The summed E-state index contributed by atoms with van der Waals surface area (Å²) >= 11 is 0. The minimum absolute atomic E-state index is 0.898. The average molecular weight is 135 g/mol. The van der Waals surface area contributed by atoms with Crippen LogP contribution in [0.25, 0.3) is 0 Å². The maximum Gasteiger partial charge on any atom is 0.0544 e. The molecule has 2 nitrogen and oxygen atoms in total. The van der Waals surface area contributed by atoms with Crippen molar-refractivity contribution in [2.24, 2.45) is 0 Å². The average Bonchev–Trinajstić information content (AvgIpc) is 1.88. The second kappa shape index (κ2) is 3.32.